The van der Waals surface area contributed by atoms with Crippen molar-refractivity contribution >= 4 is 0 Å². The van der Waals surface area contributed by atoms with E-state index < -0.39 is 0 Å². The predicted octanol–water partition coefficient (Wildman–Crippen LogP) is 3.44. The van der Waals surface area contributed by atoms with Gasteiger partial charge >= 0.3 is 0 Å². The van der Waals surface area contributed by atoms with Crippen LogP contribution < -0.4 is 14.8 Å². The van der Waals surface area contributed by atoms with Gasteiger partial charge < -0.3 is 14.8 Å². The molecule has 0 saturated carbocycles. The van der Waals surface area contributed by atoms with Gasteiger partial charge in [0, 0.05) is 17.7 Å². The lowest BCUT2D eigenvalue weighted by Gasteiger charge is -2.27. The molecule has 1 atom stereocenters. The molecule has 1 aliphatic rings. The van der Waals surface area contributed by atoms with E-state index in [0.717, 1.165) is 24.9 Å². The van der Waals surface area contributed by atoms with Crippen LogP contribution in [0.4, 0.5) is 4.39 Å². The van der Waals surface area contributed by atoms with E-state index in [1.54, 1.807) is 13.2 Å². The molecule has 1 aliphatic heterocycles. The smallest absolute Gasteiger partial charge is 0.166 e. The van der Waals surface area contributed by atoms with Crippen LogP contribution in [-0.4, -0.2) is 19.8 Å². The topological polar surface area (TPSA) is 30.5 Å². The molecule has 0 radical (unpaired) electrons. The van der Waals surface area contributed by atoms with Gasteiger partial charge in [0.25, 0.3) is 0 Å². The Morgan fingerprint density at radius 1 is 1.32 bits per heavy atom. The maximum atomic E-state index is 13.7. The Morgan fingerprint density at radius 3 is 2.68 bits per heavy atom. The van der Waals surface area contributed by atoms with Gasteiger partial charge in [-0.25, -0.2) is 4.39 Å². The first-order valence-corrected chi connectivity index (χ1v) is 6.89. The van der Waals surface area contributed by atoms with E-state index >= 15 is 0 Å². The summed E-state index contributed by atoms with van der Waals surface area (Å²) >= 11 is 0. The number of benzene rings is 1. The normalized spacial score (nSPS) is 19.5. The zero-order valence-electron chi connectivity index (χ0n) is 11.8. The van der Waals surface area contributed by atoms with Crippen LogP contribution in [0.15, 0.2) is 12.1 Å². The minimum absolute atomic E-state index is 0.0294. The highest BCUT2D eigenvalue weighted by atomic mass is 19.1. The second kappa shape index (κ2) is 6.24. The molecule has 0 bridgehead atoms. The van der Waals surface area contributed by atoms with Crippen LogP contribution in [0, 0.1) is 5.82 Å². The van der Waals surface area contributed by atoms with Gasteiger partial charge in [-0.1, -0.05) is 6.42 Å². The van der Waals surface area contributed by atoms with Crippen molar-refractivity contribution in [2.75, 3.05) is 13.7 Å². The second-order valence-corrected chi connectivity index (χ2v) is 5.20. The fourth-order valence-electron chi connectivity index (χ4n) is 2.48. The summed E-state index contributed by atoms with van der Waals surface area (Å²) < 4.78 is 24.8. The van der Waals surface area contributed by atoms with E-state index in [0.29, 0.717) is 11.5 Å². The summed E-state index contributed by atoms with van der Waals surface area (Å²) in [6, 6.07) is 3.08. The summed E-state index contributed by atoms with van der Waals surface area (Å²) in [7, 11) is 1.54. The third-order valence-corrected chi connectivity index (χ3v) is 3.31. The number of halogens is 1. The van der Waals surface area contributed by atoms with Crippen LogP contribution in [0.2, 0.25) is 0 Å². The predicted molar refractivity (Wildman–Crippen MR) is 73.3 cm³/mol. The van der Waals surface area contributed by atoms with Gasteiger partial charge in [-0.05, 0) is 39.3 Å². The highest BCUT2D eigenvalue weighted by Gasteiger charge is 2.23. The first kappa shape index (κ1) is 14.1. The average Bonchev–Trinajstić information content (AvgIpc) is 2.40. The van der Waals surface area contributed by atoms with Crippen LogP contribution in [0.25, 0.3) is 0 Å². The van der Waals surface area contributed by atoms with Gasteiger partial charge in [-0.3, -0.25) is 0 Å². The molecule has 1 N–H and O–H groups in total. The van der Waals surface area contributed by atoms with Gasteiger partial charge in [-0.15, -0.1) is 0 Å². The summed E-state index contributed by atoms with van der Waals surface area (Å²) in [6.07, 6.45) is 3.35. The number of hydrogen-bond acceptors (Lipinski definition) is 3. The van der Waals surface area contributed by atoms with Gasteiger partial charge in [0.15, 0.2) is 11.5 Å². The Balaban J connectivity index is 2.40. The standard InChI is InChI=1S/C15H22FNO2/c1-10(2)19-15-12(13-6-4-5-7-17-13)8-11(16)9-14(15)18-3/h8-10,13,17H,4-7H2,1-3H3. The quantitative estimate of drug-likeness (QED) is 0.906. The van der Waals surface area contributed by atoms with Crippen LogP contribution in [0.3, 0.4) is 0 Å². The molecule has 106 valence electrons. The third kappa shape index (κ3) is 3.38. The molecule has 1 saturated heterocycles. The molecular formula is C15H22FNO2. The Bertz CT molecular complexity index is 428. The van der Waals surface area contributed by atoms with Crippen LogP contribution >= 0.6 is 0 Å². The van der Waals surface area contributed by atoms with Crippen molar-refractivity contribution in [1.29, 1.82) is 0 Å². The number of rotatable bonds is 4. The zero-order valence-corrected chi connectivity index (χ0v) is 11.8. The highest BCUT2D eigenvalue weighted by Crippen LogP contribution is 2.39. The maximum Gasteiger partial charge on any atom is 0.166 e. The largest absolute Gasteiger partial charge is 0.493 e. The first-order chi connectivity index (χ1) is 9.11. The van der Waals surface area contributed by atoms with Gasteiger partial charge in [0.2, 0.25) is 0 Å². The fourth-order valence-corrected chi connectivity index (χ4v) is 2.48. The lowest BCUT2D eigenvalue weighted by molar-refractivity contribution is 0.223. The van der Waals surface area contributed by atoms with Crippen molar-refractivity contribution in [3.8, 4) is 11.5 Å². The summed E-state index contributed by atoms with van der Waals surface area (Å²) in [5, 5.41) is 3.43. The molecule has 0 spiro atoms. The van der Waals surface area contributed by atoms with Crippen LogP contribution in [0.1, 0.15) is 44.7 Å². The third-order valence-electron chi connectivity index (χ3n) is 3.31. The van der Waals surface area contributed by atoms with Crippen molar-refractivity contribution in [2.45, 2.75) is 45.3 Å². The Hall–Kier alpha value is -1.29. The molecule has 1 unspecified atom stereocenters. The molecule has 4 heteroatoms. The van der Waals surface area contributed by atoms with E-state index in [1.807, 2.05) is 13.8 Å². The Kier molecular flexibility index (Phi) is 4.64. The van der Waals surface area contributed by atoms with E-state index in [9.17, 15) is 4.39 Å². The van der Waals surface area contributed by atoms with E-state index in [1.165, 1.54) is 12.5 Å². The van der Waals surface area contributed by atoms with E-state index in [2.05, 4.69) is 5.32 Å². The van der Waals surface area contributed by atoms with Crippen molar-refractivity contribution in [3.05, 3.63) is 23.5 Å². The van der Waals surface area contributed by atoms with Gasteiger partial charge in [0.05, 0.1) is 13.2 Å². The van der Waals surface area contributed by atoms with E-state index in [-0.39, 0.29) is 18.0 Å². The minimum Gasteiger partial charge on any atom is -0.493 e. The van der Waals surface area contributed by atoms with E-state index in [4.69, 9.17) is 9.47 Å². The lowest BCUT2D eigenvalue weighted by atomic mass is 9.96. The Labute approximate surface area is 114 Å². The average molecular weight is 267 g/mol. The monoisotopic (exact) mass is 267 g/mol. The first-order valence-electron chi connectivity index (χ1n) is 6.89. The molecule has 1 aromatic carbocycles. The number of nitrogens with one attached hydrogen (secondary N) is 1. The van der Waals surface area contributed by atoms with Gasteiger partial charge in [-0.2, -0.15) is 0 Å². The molecule has 19 heavy (non-hydrogen) atoms. The van der Waals surface area contributed by atoms with Crippen molar-refractivity contribution in [1.82, 2.24) is 5.32 Å². The summed E-state index contributed by atoms with van der Waals surface area (Å²) in [6.45, 7) is 4.88. The summed E-state index contributed by atoms with van der Waals surface area (Å²) in [4.78, 5) is 0. The van der Waals surface area contributed by atoms with Crippen LogP contribution in [-0.2, 0) is 0 Å². The maximum absolute atomic E-state index is 13.7. The number of methoxy groups -OCH3 is 1. The van der Waals surface area contributed by atoms with Crippen LogP contribution in [0.5, 0.6) is 11.5 Å². The molecule has 1 fully saturated rings. The van der Waals surface area contributed by atoms with Gasteiger partial charge in [0.1, 0.15) is 5.82 Å². The lowest BCUT2D eigenvalue weighted by Crippen LogP contribution is -2.27. The molecule has 2 rings (SSSR count). The van der Waals surface area contributed by atoms with Crippen molar-refractivity contribution < 1.29 is 13.9 Å². The Morgan fingerprint density at radius 2 is 2.11 bits per heavy atom. The molecule has 0 aromatic heterocycles. The zero-order chi connectivity index (χ0) is 13.8. The number of hydrogen-bond donors (Lipinski definition) is 1. The highest BCUT2D eigenvalue weighted by molar-refractivity contribution is 5.49. The minimum atomic E-state index is -0.282. The molecule has 0 aliphatic carbocycles. The van der Waals surface area contributed by atoms with Crippen molar-refractivity contribution in [3.63, 3.8) is 0 Å². The summed E-state index contributed by atoms with van der Waals surface area (Å²) in [5.74, 6) is 0.852. The number of ether oxygens (including phenoxy) is 2. The summed E-state index contributed by atoms with van der Waals surface area (Å²) in [5.41, 5.74) is 0.866. The molecule has 0 amide bonds. The molecule has 1 heterocycles. The molecule has 3 nitrogen and oxygen atoms in total. The fraction of sp³-hybridized carbons (Fsp3) is 0.600. The SMILES string of the molecule is COc1cc(F)cc(C2CCCCN2)c1OC(C)C. The van der Waals surface area contributed by atoms with Crippen molar-refractivity contribution in [2.24, 2.45) is 0 Å². The number of piperidine rings is 1. The molecular weight excluding hydrogens is 245 g/mol. The molecule has 1 aromatic rings. The second-order valence-electron chi connectivity index (χ2n) is 5.20.